The normalized spacial score (nSPS) is 17.5. The molecule has 0 saturated heterocycles. The van der Waals surface area contributed by atoms with E-state index in [0.717, 1.165) is 32.1 Å². The van der Waals surface area contributed by atoms with Gasteiger partial charge in [-0.1, -0.05) is 232 Å². The van der Waals surface area contributed by atoms with Gasteiger partial charge in [0.25, 0.3) is 0 Å². The van der Waals surface area contributed by atoms with Crippen LogP contribution >= 0.6 is 0 Å². The van der Waals surface area contributed by atoms with E-state index in [-0.39, 0.29) is 24.0 Å². The Bertz CT molecular complexity index is 744. The van der Waals surface area contributed by atoms with Gasteiger partial charge in [0.1, 0.15) is 6.10 Å². The molecule has 1 aliphatic carbocycles. The molecule has 0 spiro atoms. The Morgan fingerprint density at radius 2 is 0.755 bits per heavy atom. The molecule has 1 atom stereocenters. The predicted octanol–water partition coefficient (Wildman–Crippen LogP) is 16.5. The minimum atomic E-state index is -0.0785. The molecule has 0 bridgehead atoms. The first-order valence-electron chi connectivity index (χ1n) is 24.5. The Kier molecular flexibility index (Phi) is 38.3. The SMILES string of the molecule is CCCCCCCCCCCCCCCCCCCCCC(=O)OCC(C)CCC(=O)OC1CCCCCCCCCCCCCCCCCCCC1. The van der Waals surface area contributed by atoms with Gasteiger partial charge in [-0.2, -0.15) is 0 Å². The van der Waals surface area contributed by atoms with E-state index in [1.54, 1.807) is 0 Å². The summed E-state index contributed by atoms with van der Waals surface area (Å²) in [6.07, 6.45) is 53.9. The third-order valence-corrected chi connectivity index (χ3v) is 12.0. The van der Waals surface area contributed by atoms with Crippen LogP contribution in [0.2, 0.25) is 0 Å². The Morgan fingerprint density at radius 1 is 0.434 bits per heavy atom. The molecule has 4 nitrogen and oxygen atoms in total. The third-order valence-electron chi connectivity index (χ3n) is 12.0. The lowest BCUT2D eigenvalue weighted by Gasteiger charge is -2.19. The van der Waals surface area contributed by atoms with E-state index >= 15 is 0 Å². The summed E-state index contributed by atoms with van der Waals surface area (Å²) in [7, 11) is 0. The number of rotatable bonds is 26. The summed E-state index contributed by atoms with van der Waals surface area (Å²) in [4.78, 5) is 25.2. The number of unbranched alkanes of at least 4 members (excludes halogenated alkanes) is 18. The molecule has 0 radical (unpaired) electrons. The zero-order chi connectivity index (χ0) is 38.1. The van der Waals surface area contributed by atoms with Crippen LogP contribution in [-0.4, -0.2) is 24.6 Å². The van der Waals surface area contributed by atoms with Crippen molar-refractivity contribution < 1.29 is 19.1 Å². The van der Waals surface area contributed by atoms with Gasteiger partial charge in [-0.25, -0.2) is 0 Å². The van der Waals surface area contributed by atoms with Crippen LogP contribution in [0.3, 0.4) is 0 Å². The van der Waals surface area contributed by atoms with Crippen molar-refractivity contribution in [1.82, 2.24) is 0 Å². The first-order chi connectivity index (χ1) is 26.1. The molecule has 0 amide bonds. The van der Waals surface area contributed by atoms with E-state index in [0.29, 0.717) is 19.4 Å². The fourth-order valence-electron chi connectivity index (χ4n) is 8.18. The van der Waals surface area contributed by atoms with Gasteiger partial charge in [0.15, 0.2) is 0 Å². The van der Waals surface area contributed by atoms with Crippen LogP contribution in [0.5, 0.6) is 0 Å². The number of esters is 2. The van der Waals surface area contributed by atoms with Gasteiger partial charge in [-0.15, -0.1) is 0 Å². The first kappa shape index (κ1) is 50.0. The van der Waals surface area contributed by atoms with E-state index in [1.165, 1.54) is 225 Å². The highest BCUT2D eigenvalue weighted by molar-refractivity contribution is 5.70. The molecule has 1 saturated carbocycles. The molecule has 1 fully saturated rings. The van der Waals surface area contributed by atoms with Crippen LogP contribution in [0.25, 0.3) is 0 Å². The van der Waals surface area contributed by atoms with Gasteiger partial charge in [-0.3, -0.25) is 9.59 Å². The fourth-order valence-corrected chi connectivity index (χ4v) is 8.18. The number of ether oxygens (including phenoxy) is 2. The van der Waals surface area contributed by atoms with E-state index < -0.39 is 0 Å². The van der Waals surface area contributed by atoms with Gasteiger partial charge >= 0.3 is 11.9 Å². The summed E-state index contributed by atoms with van der Waals surface area (Å²) in [6.45, 7) is 4.79. The van der Waals surface area contributed by atoms with Crippen molar-refractivity contribution in [2.45, 2.75) is 290 Å². The van der Waals surface area contributed by atoms with Gasteiger partial charge in [0, 0.05) is 12.8 Å². The second-order valence-corrected chi connectivity index (χ2v) is 17.5. The molecule has 314 valence electrons. The zero-order valence-corrected chi connectivity index (χ0v) is 36.2. The maximum atomic E-state index is 12.8. The van der Waals surface area contributed by atoms with Crippen molar-refractivity contribution in [3.05, 3.63) is 0 Å². The molecule has 1 unspecified atom stereocenters. The summed E-state index contributed by atoms with van der Waals surface area (Å²) in [5.41, 5.74) is 0. The molecular weight excluding hydrogens is 653 g/mol. The van der Waals surface area contributed by atoms with Crippen molar-refractivity contribution >= 4 is 11.9 Å². The minimum Gasteiger partial charge on any atom is -0.465 e. The fraction of sp³-hybridized carbons (Fsp3) is 0.959. The molecule has 4 heteroatoms. The summed E-state index contributed by atoms with van der Waals surface area (Å²) >= 11 is 0. The summed E-state index contributed by atoms with van der Waals surface area (Å²) in [5.74, 6) is 0.0395. The number of carbonyl (C=O) groups is 2. The van der Waals surface area contributed by atoms with Crippen LogP contribution < -0.4 is 0 Å². The van der Waals surface area contributed by atoms with E-state index in [9.17, 15) is 9.59 Å². The second-order valence-electron chi connectivity index (χ2n) is 17.5. The van der Waals surface area contributed by atoms with Crippen molar-refractivity contribution in [2.75, 3.05) is 6.61 Å². The average molecular weight is 747 g/mol. The molecule has 0 aromatic rings. The third kappa shape index (κ3) is 37.6. The maximum absolute atomic E-state index is 12.8. The van der Waals surface area contributed by atoms with Crippen LogP contribution in [0, 0.1) is 5.92 Å². The Hall–Kier alpha value is -1.06. The predicted molar refractivity (Wildman–Crippen MR) is 230 cm³/mol. The monoisotopic (exact) mass is 747 g/mol. The lowest BCUT2D eigenvalue weighted by Crippen LogP contribution is -2.20. The highest BCUT2D eigenvalue weighted by atomic mass is 16.5. The van der Waals surface area contributed by atoms with Gasteiger partial charge in [0.2, 0.25) is 0 Å². The van der Waals surface area contributed by atoms with Crippen LogP contribution in [-0.2, 0) is 19.1 Å². The standard InChI is InChI=1S/C49H94O4/c1-3-4-5-6-7-8-9-10-11-12-13-18-21-24-27-30-33-36-39-42-48(50)52-45-46(2)43-44-49(51)53-47-40-37-34-31-28-25-22-19-16-14-15-17-20-23-26-29-32-35-38-41-47/h46-47H,3-45H2,1-2H3. The molecule has 0 N–H and O–H groups in total. The lowest BCUT2D eigenvalue weighted by molar-refractivity contribution is -0.150. The van der Waals surface area contributed by atoms with Gasteiger partial charge in [0.05, 0.1) is 6.61 Å². The van der Waals surface area contributed by atoms with Crippen LogP contribution in [0.4, 0.5) is 0 Å². The Balaban J connectivity index is 2.05. The zero-order valence-electron chi connectivity index (χ0n) is 36.2. The molecule has 0 heterocycles. The summed E-state index contributed by atoms with van der Waals surface area (Å²) < 4.78 is 11.6. The number of hydrogen-bond acceptors (Lipinski definition) is 4. The Morgan fingerprint density at radius 3 is 1.11 bits per heavy atom. The maximum Gasteiger partial charge on any atom is 0.306 e. The van der Waals surface area contributed by atoms with E-state index in [4.69, 9.17) is 9.47 Å². The van der Waals surface area contributed by atoms with E-state index in [2.05, 4.69) is 13.8 Å². The van der Waals surface area contributed by atoms with Crippen molar-refractivity contribution in [3.8, 4) is 0 Å². The smallest absolute Gasteiger partial charge is 0.306 e. The highest BCUT2D eigenvalue weighted by Gasteiger charge is 2.16. The summed E-state index contributed by atoms with van der Waals surface area (Å²) in [6, 6.07) is 0. The molecule has 0 aromatic heterocycles. The highest BCUT2D eigenvalue weighted by Crippen LogP contribution is 2.21. The number of hydrogen-bond donors (Lipinski definition) is 0. The lowest BCUT2D eigenvalue weighted by atomic mass is 10.0. The van der Waals surface area contributed by atoms with Crippen molar-refractivity contribution in [1.29, 1.82) is 0 Å². The van der Waals surface area contributed by atoms with Crippen molar-refractivity contribution in [3.63, 3.8) is 0 Å². The number of carbonyl (C=O) groups excluding carboxylic acids is 2. The van der Waals surface area contributed by atoms with Gasteiger partial charge in [-0.05, 0) is 44.4 Å². The molecule has 1 aliphatic rings. The average Bonchev–Trinajstić information content (AvgIpc) is 3.15. The van der Waals surface area contributed by atoms with Crippen LogP contribution in [0.1, 0.15) is 284 Å². The summed E-state index contributed by atoms with van der Waals surface area (Å²) in [5, 5.41) is 0. The van der Waals surface area contributed by atoms with E-state index in [1.807, 2.05) is 0 Å². The first-order valence-corrected chi connectivity index (χ1v) is 24.5. The minimum absolute atomic E-state index is 0.0622. The quantitative estimate of drug-likeness (QED) is 0.0653. The van der Waals surface area contributed by atoms with Crippen LogP contribution in [0.15, 0.2) is 0 Å². The molecule has 0 aliphatic heterocycles. The second kappa shape index (κ2) is 40.6. The largest absolute Gasteiger partial charge is 0.465 e. The Labute approximate surface area is 332 Å². The van der Waals surface area contributed by atoms with Crippen molar-refractivity contribution in [2.24, 2.45) is 5.92 Å². The molecule has 53 heavy (non-hydrogen) atoms. The topological polar surface area (TPSA) is 52.6 Å². The molecular formula is C49H94O4. The molecule has 1 rings (SSSR count). The van der Waals surface area contributed by atoms with Gasteiger partial charge < -0.3 is 9.47 Å². The molecule has 0 aromatic carbocycles.